The summed E-state index contributed by atoms with van der Waals surface area (Å²) in [5.74, 6) is 0.851. The van der Waals surface area contributed by atoms with Crippen LogP contribution in [0.15, 0.2) is 0 Å². The van der Waals surface area contributed by atoms with E-state index in [2.05, 4.69) is 34.3 Å². The molecule has 6 heteroatoms. The Labute approximate surface area is 152 Å². The molecule has 1 aliphatic heterocycles. The van der Waals surface area contributed by atoms with E-state index in [4.69, 9.17) is 0 Å². The molecular formula is C19H36N4O2. The molecule has 144 valence electrons. The van der Waals surface area contributed by atoms with Gasteiger partial charge in [-0.2, -0.15) is 0 Å². The van der Waals surface area contributed by atoms with E-state index < -0.39 is 0 Å². The second kappa shape index (κ2) is 10.1. The predicted octanol–water partition coefficient (Wildman–Crippen LogP) is 1.21. The van der Waals surface area contributed by atoms with E-state index in [0.717, 1.165) is 45.6 Å². The molecule has 3 atom stereocenters. The first-order valence-corrected chi connectivity index (χ1v) is 10.0. The Balaban J connectivity index is 1.71. The molecule has 2 aliphatic rings. The smallest absolute Gasteiger partial charge is 0.237 e. The third kappa shape index (κ3) is 6.26. The van der Waals surface area contributed by atoms with Crippen LogP contribution in [0.1, 0.15) is 52.9 Å². The van der Waals surface area contributed by atoms with Crippen molar-refractivity contribution in [1.29, 1.82) is 0 Å². The van der Waals surface area contributed by atoms with Gasteiger partial charge in [0, 0.05) is 38.8 Å². The Bertz CT molecular complexity index is 435. The van der Waals surface area contributed by atoms with E-state index in [1.54, 1.807) is 0 Å². The average molecular weight is 353 g/mol. The second-order valence-electron chi connectivity index (χ2n) is 7.71. The minimum Gasteiger partial charge on any atom is -0.355 e. The van der Waals surface area contributed by atoms with Gasteiger partial charge in [-0.3, -0.25) is 19.4 Å². The first-order chi connectivity index (χ1) is 12.0. The molecule has 1 saturated heterocycles. The highest BCUT2D eigenvalue weighted by Crippen LogP contribution is 2.24. The topological polar surface area (TPSA) is 64.7 Å². The van der Waals surface area contributed by atoms with Crippen LogP contribution in [0.4, 0.5) is 0 Å². The van der Waals surface area contributed by atoms with Crippen LogP contribution in [0, 0.1) is 5.92 Å². The molecule has 0 spiro atoms. The lowest BCUT2D eigenvalue weighted by Gasteiger charge is -2.38. The van der Waals surface area contributed by atoms with Gasteiger partial charge >= 0.3 is 0 Å². The summed E-state index contributed by atoms with van der Waals surface area (Å²) in [6.07, 6.45) is 5.81. The first-order valence-electron chi connectivity index (χ1n) is 10.0. The number of amides is 2. The van der Waals surface area contributed by atoms with Crippen molar-refractivity contribution in [1.82, 2.24) is 20.4 Å². The SMILES string of the molecule is CCCNC(=O)CN1CCN(C(C)C(=O)NC2CCCCC2C)CC1. The first kappa shape index (κ1) is 20.2. The van der Waals surface area contributed by atoms with E-state index >= 15 is 0 Å². The maximum atomic E-state index is 12.6. The van der Waals surface area contributed by atoms with Gasteiger partial charge in [0.2, 0.25) is 11.8 Å². The van der Waals surface area contributed by atoms with Crippen LogP contribution in [-0.2, 0) is 9.59 Å². The molecule has 0 radical (unpaired) electrons. The van der Waals surface area contributed by atoms with Gasteiger partial charge < -0.3 is 10.6 Å². The molecule has 0 aromatic carbocycles. The summed E-state index contributed by atoms with van der Waals surface area (Å²) in [5, 5.41) is 6.20. The van der Waals surface area contributed by atoms with Crippen molar-refractivity contribution in [3.63, 3.8) is 0 Å². The van der Waals surface area contributed by atoms with Gasteiger partial charge in [-0.25, -0.2) is 0 Å². The van der Waals surface area contributed by atoms with Crippen LogP contribution in [0.25, 0.3) is 0 Å². The molecule has 1 saturated carbocycles. The van der Waals surface area contributed by atoms with E-state index in [1.165, 1.54) is 19.3 Å². The second-order valence-corrected chi connectivity index (χ2v) is 7.71. The van der Waals surface area contributed by atoms with Gasteiger partial charge in [0.15, 0.2) is 0 Å². The molecule has 0 aromatic rings. The third-order valence-electron chi connectivity index (χ3n) is 5.71. The molecule has 2 rings (SSSR count). The number of rotatable bonds is 7. The number of carbonyl (C=O) groups excluding carboxylic acids is 2. The van der Waals surface area contributed by atoms with Crippen LogP contribution in [-0.4, -0.2) is 73.0 Å². The Morgan fingerprint density at radius 2 is 1.80 bits per heavy atom. The van der Waals surface area contributed by atoms with Crippen molar-refractivity contribution >= 4 is 11.8 Å². The monoisotopic (exact) mass is 352 g/mol. The van der Waals surface area contributed by atoms with Crippen LogP contribution in [0.5, 0.6) is 0 Å². The van der Waals surface area contributed by atoms with Crippen LogP contribution >= 0.6 is 0 Å². The van der Waals surface area contributed by atoms with Crippen LogP contribution in [0.2, 0.25) is 0 Å². The maximum absolute atomic E-state index is 12.6. The summed E-state index contributed by atoms with van der Waals surface area (Å²) in [4.78, 5) is 28.8. The quantitative estimate of drug-likeness (QED) is 0.723. The lowest BCUT2D eigenvalue weighted by molar-refractivity contribution is -0.129. The number of hydrogen-bond donors (Lipinski definition) is 2. The minimum absolute atomic E-state index is 0.0924. The Morgan fingerprint density at radius 3 is 2.44 bits per heavy atom. The van der Waals surface area contributed by atoms with Crippen LogP contribution in [0.3, 0.4) is 0 Å². The average Bonchev–Trinajstić information content (AvgIpc) is 2.62. The van der Waals surface area contributed by atoms with Crippen LogP contribution < -0.4 is 10.6 Å². The Hall–Kier alpha value is -1.14. The zero-order valence-electron chi connectivity index (χ0n) is 16.2. The summed E-state index contributed by atoms with van der Waals surface area (Å²) >= 11 is 0. The lowest BCUT2D eigenvalue weighted by Crippen LogP contribution is -2.56. The highest BCUT2D eigenvalue weighted by atomic mass is 16.2. The highest BCUT2D eigenvalue weighted by molar-refractivity contribution is 5.81. The normalized spacial score (nSPS) is 26.8. The van der Waals surface area contributed by atoms with Crippen molar-refractivity contribution in [2.75, 3.05) is 39.3 Å². The van der Waals surface area contributed by atoms with Crippen molar-refractivity contribution in [2.45, 2.75) is 65.0 Å². The molecule has 2 amide bonds. The van der Waals surface area contributed by atoms with Crippen molar-refractivity contribution in [2.24, 2.45) is 5.92 Å². The zero-order valence-corrected chi connectivity index (χ0v) is 16.2. The van der Waals surface area contributed by atoms with Gasteiger partial charge in [-0.1, -0.05) is 26.7 Å². The third-order valence-corrected chi connectivity index (χ3v) is 5.71. The molecule has 2 N–H and O–H groups in total. The number of carbonyl (C=O) groups is 2. The van der Waals surface area contributed by atoms with Crippen molar-refractivity contribution in [3.8, 4) is 0 Å². The molecule has 25 heavy (non-hydrogen) atoms. The number of nitrogens with zero attached hydrogens (tertiary/aromatic N) is 2. The fourth-order valence-corrected chi connectivity index (χ4v) is 3.83. The Kier molecular flexibility index (Phi) is 8.16. The van der Waals surface area contributed by atoms with Crippen molar-refractivity contribution < 1.29 is 9.59 Å². The van der Waals surface area contributed by atoms with E-state index in [0.29, 0.717) is 18.5 Å². The fraction of sp³-hybridized carbons (Fsp3) is 0.895. The zero-order chi connectivity index (χ0) is 18.2. The molecule has 0 aromatic heterocycles. The maximum Gasteiger partial charge on any atom is 0.237 e. The predicted molar refractivity (Wildman–Crippen MR) is 100 cm³/mol. The fourth-order valence-electron chi connectivity index (χ4n) is 3.83. The number of piperazine rings is 1. The lowest BCUT2D eigenvalue weighted by atomic mass is 9.86. The molecule has 0 bridgehead atoms. The standard InChI is InChI=1S/C19H36N4O2/c1-4-9-20-18(24)14-22-10-12-23(13-11-22)16(3)19(25)21-17-8-6-5-7-15(17)2/h15-17H,4-14H2,1-3H3,(H,20,24)(H,21,25). The molecule has 1 aliphatic carbocycles. The molecular weight excluding hydrogens is 316 g/mol. The largest absolute Gasteiger partial charge is 0.355 e. The molecule has 6 nitrogen and oxygen atoms in total. The summed E-state index contributed by atoms with van der Waals surface area (Å²) in [7, 11) is 0. The van der Waals surface area contributed by atoms with Gasteiger partial charge in [0.05, 0.1) is 12.6 Å². The minimum atomic E-state index is -0.0924. The Morgan fingerprint density at radius 1 is 1.12 bits per heavy atom. The summed E-state index contributed by atoms with van der Waals surface area (Å²) in [6, 6.07) is 0.248. The molecule has 2 fully saturated rings. The molecule has 3 unspecified atom stereocenters. The van der Waals surface area contributed by atoms with Gasteiger partial charge in [0.1, 0.15) is 0 Å². The highest BCUT2D eigenvalue weighted by Gasteiger charge is 2.29. The number of hydrogen-bond acceptors (Lipinski definition) is 4. The van der Waals surface area contributed by atoms with Gasteiger partial charge in [-0.15, -0.1) is 0 Å². The van der Waals surface area contributed by atoms with Gasteiger partial charge in [-0.05, 0) is 32.1 Å². The van der Waals surface area contributed by atoms with E-state index in [1.807, 2.05) is 6.92 Å². The van der Waals surface area contributed by atoms with E-state index in [-0.39, 0.29) is 17.9 Å². The molecule has 1 heterocycles. The summed E-state index contributed by atoms with van der Waals surface area (Å²) in [6.45, 7) is 10.9. The summed E-state index contributed by atoms with van der Waals surface area (Å²) in [5.41, 5.74) is 0. The van der Waals surface area contributed by atoms with Gasteiger partial charge in [0.25, 0.3) is 0 Å². The van der Waals surface area contributed by atoms with E-state index in [9.17, 15) is 9.59 Å². The van der Waals surface area contributed by atoms with Crippen molar-refractivity contribution in [3.05, 3.63) is 0 Å². The summed E-state index contributed by atoms with van der Waals surface area (Å²) < 4.78 is 0. The number of nitrogens with one attached hydrogen (secondary N) is 2.